The molecule has 0 bridgehead atoms. The fraction of sp³-hybridized carbons (Fsp3) is 0.857. The quantitative estimate of drug-likeness (QED) is 0.676. The molecule has 0 aromatic carbocycles. The lowest BCUT2D eigenvalue weighted by Gasteiger charge is -2.09. The van der Waals surface area contributed by atoms with Crippen LogP contribution < -0.4 is 4.72 Å². The molecular formula is C7H12N2O3S. The molecule has 1 atom stereocenters. The molecular weight excluding hydrogens is 192 g/mol. The predicted octanol–water partition coefficient (Wildman–Crippen LogP) is -0.392. The van der Waals surface area contributed by atoms with Crippen LogP contribution in [-0.4, -0.2) is 33.4 Å². The molecule has 0 aromatic heterocycles. The monoisotopic (exact) mass is 204 g/mol. The molecule has 6 heteroatoms. The molecule has 1 fully saturated rings. The number of nitriles is 1. The van der Waals surface area contributed by atoms with Crippen molar-refractivity contribution in [1.29, 1.82) is 5.26 Å². The minimum Gasteiger partial charge on any atom is -0.377 e. The van der Waals surface area contributed by atoms with Gasteiger partial charge in [0.15, 0.2) is 5.75 Å². The molecule has 1 heterocycles. The minimum atomic E-state index is -3.41. The van der Waals surface area contributed by atoms with E-state index in [2.05, 4.69) is 4.72 Å². The summed E-state index contributed by atoms with van der Waals surface area (Å²) in [5, 5.41) is 8.19. The van der Waals surface area contributed by atoms with Gasteiger partial charge in [-0.1, -0.05) is 0 Å². The SMILES string of the molecule is N#CCS(=O)(=O)NCC1CCCO1. The fourth-order valence-corrected chi connectivity index (χ4v) is 1.87. The summed E-state index contributed by atoms with van der Waals surface area (Å²) in [5.74, 6) is -0.486. The largest absolute Gasteiger partial charge is 0.377 e. The van der Waals surface area contributed by atoms with E-state index in [1.165, 1.54) is 0 Å². The number of hydrogen-bond acceptors (Lipinski definition) is 4. The van der Waals surface area contributed by atoms with E-state index in [0.29, 0.717) is 6.61 Å². The lowest BCUT2D eigenvalue weighted by atomic mass is 10.2. The van der Waals surface area contributed by atoms with Gasteiger partial charge in [0.05, 0.1) is 12.2 Å². The van der Waals surface area contributed by atoms with Gasteiger partial charge in [-0.05, 0) is 12.8 Å². The van der Waals surface area contributed by atoms with Crippen molar-refractivity contribution in [3.63, 3.8) is 0 Å². The Kier molecular flexibility index (Phi) is 3.66. The van der Waals surface area contributed by atoms with E-state index >= 15 is 0 Å². The first-order valence-corrected chi connectivity index (χ1v) is 5.75. The zero-order valence-electron chi connectivity index (χ0n) is 7.19. The third-order valence-corrected chi connectivity index (χ3v) is 2.93. The minimum absolute atomic E-state index is 0.0199. The molecule has 74 valence electrons. The zero-order chi connectivity index (χ0) is 9.73. The van der Waals surface area contributed by atoms with Crippen LogP contribution in [0.2, 0.25) is 0 Å². The van der Waals surface area contributed by atoms with Gasteiger partial charge >= 0.3 is 0 Å². The second-order valence-electron chi connectivity index (χ2n) is 2.90. The van der Waals surface area contributed by atoms with Gasteiger partial charge in [0.1, 0.15) is 0 Å². The fourth-order valence-electron chi connectivity index (χ4n) is 1.16. The molecule has 1 aliphatic heterocycles. The van der Waals surface area contributed by atoms with E-state index in [-0.39, 0.29) is 12.6 Å². The van der Waals surface area contributed by atoms with Crippen LogP contribution >= 0.6 is 0 Å². The molecule has 0 saturated carbocycles. The summed E-state index contributed by atoms with van der Waals surface area (Å²) in [6.07, 6.45) is 1.84. The molecule has 1 aliphatic rings. The number of hydrogen-bond donors (Lipinski definition) is 1. The van der Waals surface area contributed by atoms with Gasteiger partial charge in [0, 0.05) is 13.2 Å². The molecule has 1 rings (SSSR count). The highest BCUT2D eigenvalue weighted by atomic mass is 32.2. The van der Waals surface area contributed by atoms with E-state index in [1.54, 1.807) is 6.07 Å². The second-order valence-corrected chi connectivity index (χ2v) is 4.71. The molecule has 13 heavy (non-hydrogen) atoms. The van der Waals surface area contributed by atoms with Gasteiger partial charge in [-0.25, -0.2) is 13.1 Å². The smallest absolute Gasteiger partial charge is 0.225 e. The summed E-state index contributed by atoms with van der Waals surface area (Å²) < 4.78 is 29.5. The lowest BCUT2D eigenvalue weighted by Crippen LogP contribution is -2.33. The van der Waals surface area contributed by atoms with Crippen LogP contribution in [-0.2, 0) is 14.8 Å². The topological polar surface area (TPSA) is 79.2 Å². The molecule has 1 N–H and O–H groups in total. The standard InChI is InChI=1S/C7H12N2O3S/c8-3-5-13(10,11)9-6-7-2-1-4-12-7/h7,9H,1-2,4-6H2. The normalized spacial score (nSPS) is 22.8. The molecule has 0 amide bonds. The third kappa shape index (κ3) is 3.72. The summed E-state index contributed by atoms with van der Waals surface area (Å²) >= 11 is 0. The Balaban J connectivity index is 2.29. The van der Waals surface area contributed by atoms with Crippen LogP contribution in [0, 0.1) is 11.3 Å². The van der Waals surface area contributed by atoms with Gasteiger partial charge < -0.3 is 4.74 Å². The van der Waals surface area contributed by atoms with Crippen LogP contribution in [0.15, 0.2) is 0 Å². The van der Waals surface area contributed by atoms with Crippen molar-refractivity contribution >= 4 is 10.0 Å². The van der Waals surface area contributed by atoms with Gasteiger partial charge in [-0.2, -0.15) is 5.26 Å². The molecule has 0 aromatic rings. The van der Waals surface area contributed by atoms with Crippen molar-refractivity contribution in [1.82, 2.24) is 4.72 Å². The van der Waals surface area contributed by atoms with E-state index < -0.39 is 15.8 Å². The van der Waals surface area contributed by atoms with Crippen molar-refractivity contribution in [2.24, 2.45) is 0 Å². The number of nitrogens with one attached hydrogen (secondary N) is 1. The van der Waals surface area contributed by atoms with Crippen LogP contribution in [0.1, 0.15) is 12.8 Å². The molecule has 0 aliphatic carbocycles. The Bertz CT molecular complexity index is 287. The first kappa shape index (κ1) is 10.4. The zero-order valence-corrected chi connectivity index (χ0v) is 8.01. The summed E-state index contributed by atoms with van der Waals surface area (Å²) in [6.45, 7) is 0.981. The number of sulfonamides is 1. The van der Waals surface area contributed by atoms with Crippen LogP contribution in [0.25, 0.3) is 0 Å². The highest BCUT2D eigenvalue weighted by Gasteiger charge is 2.18. The van der Waals surface area contributed by atoms with Crippen molar-refractivity contribution in [2.75, 3.05) is 18.9 Å². The average Bonchev–Trinajstić information content (AvgIpc) is 2.52. The second kappa shape index (κ2) is 4.56. The Labute approximate surface area is 77.7 Å². The molecule has 5 nitrogen and oxygen atoms in total. The van der Waals surface area contributed by atoms with E-state index in [0.717, 1.165) is 12.8 Å². The van der Waals surface area contributed by atoms with Crippen molar-refractivity contribution in [3.8, 4) is 6.07 Å². The van der Waals surface area contributed by atoms with Crippen LogP contribution in [0.3, 0.4) is 0 Å². The summed E-state index contributed by atoms with van der Waals surface area (Å²) in [6, 6.07) is 1.59. The maximum Gasteiger partial charge on any atom is 0.225 e. The van der Waals surface area contributed by atoms with Crippen molar-refractivity contribution in [3.05, 3.63) is 0 Å². The van der Waals surface area contributed by atoms with E-state index in [1.807, 2.05) is 0 Å². The average molecular weight is 204 g/mol. The Morgan fingerprint density at radius 2 is 2.38 bits per heavy atom. The highest BCUT2D eigenvalue weighted by Crippen LogP contribution is 2.10. The predicted molar refractivity (Wildman–Crippen MR) is 46.4 cm³/mol. The van der Waals surface area contributed by atoms with Gasteiger partial charge in [-0.15, -0.1) is 0 Å². The van der Waals surface area contributed by atoms with Gasteiger partial charge in [0.2, 0.25) is 10.0 Å². The summed E-state index contributed by atoms with van der Waals surface area (Å²) in [4.78, 5) is 0. The van der Waals surface area contributed by atoms with Crippen LogP contribution in [0.5, 0.6) is 0 Å². The molecule has 0 spiro atoms. The third-order valence-electron chi connectivity index (χ3n) is 1.81. The van der Waals surface area contributed by atoms with Gasteiger partial charge in [0.25, 0.3) is 0 Å². The first-order chi connectivity index (χ1) is 6.14. The Hall–Kier alpha value is -0.640. The first-order valence-electron chi connectivity index (χ1n) is 4.10. The van der Waals surface area contributed by atoms with Gasteiger partial charge in [-0.3, -0.25) is 0 Å². The van der Waals surface area contributed by atoms with Crippen molar-refractivity contribution in [2.45, 2.75) is 18.9 Å². The van der Waals surface area contributed by atoms with E-state index in [9.17, 15) is 8.42 Å². The highest BCUT2D eigenvalue weighted by molar-refractivity contribution is 7.89. The summed E-state index contributed by atoms with van der Waals surface area (Å²) in [5.41, 5.74) is 0. The number of rotatable bonds is 4. The molecule has 1 saturated heterocycles. The maximum atomic E-state index is 11.0. The van der Waals surface area contributed by atoms with E-state index in [4.69, 9.17) is 10.00 Å². The van der Waals surface area contributed by atoms with Crippen LogP contribution in [0.4, 0.5) is 0 Å². The van der Waals surface area contributed by atoms with Crippen molar-refractivity contribution < 1.29 is 13.2 Å². The Morgan fingerprint density at radius 3 is 2.92 bits per heavy atom. The Morgan fingerprint density at radius 1 is 1.62 bits per heavy atom. The number of nitrogens with zero attached hydrogens (tertiary/aromatic N) is 1. The maximum absolute atomic E-state index is 11.0. The lowest BCUT2D eigenvalue weighted by molar-refractivity contribution is 0.114. The summed E-state index contributed by atoms with van der Waals surface area (Å²) in [7, 11) is -3.41. The molecule has 0 radical (unpaired) electrons. The molecule has 1 unspecified atom stereocenters. The number of ether oxygens (including phenoxy) is 1.